The van der Waals surface area contributed by atoms with Gasteiger partial charge in [0.05, 0.1) is 27.9 Å². The van der Waals surface area contributed by atoms with Crippen molar-refractivity contribution in [3.8, 4) is 0 Å². The van der Waals surface area contributed by atoms with E-state index in [0.717, 1.165) is 24.0 Å². The fourth-order valence-electron chi connectivity index (χ4n) is 2.92. The molecule has 1 aromatic carbocycles. The lowest BCUT2D eigenvalue weighted by Gasteiger charge is -2.13. The van der Waals surface area contributed by atoms with Crippen molar-refractivity contribution in [1.82, 2.24) is 15.8 Å². The largest absolute Gasteiger partial charge is 0.390 e. The van der Waals surface area contributed by atoms with Crippen molar-refractivity contribution in [2.75, 3.05) is 18.4 Å². The zero-order valence-corrected chi connectivity index (χ0v) is 13.4. The highest BCUT2D eigenvalue weighted by atomic mass is 35.5. The van der Waals surface area contributed by atoms with E-state index in [1.165, 1.54) is 6.92 Å². The summed E-state index contributed by atoms with van der Waals surface area (Å²) in [7, 11) is 0. The van der Waals surface area contributed by atoms with Gasteiger partial charge in [0, 0.05) is 37.0 Å². The normalized spacial score (nSPS) is 15.6. The Morgan fingerprint density at radius 3 is 2.68 bits per heavy atom. The highest BCUT2D eigenvalue weighted by Crippen LogP contribution is 2.41. The second-order valence-electron chi connectivity index (χ2n) is 5.29. The van der Waals surface area contributed by atoms with Gasteiger partial charge in [-0.3, -0.25) is 15.6 Å². The summed E-state index contributed by atoms with van der Waals surface area (Å²) in [4.78, 5) is 14.6. The minimum absolute atomic E-state index is 0.145. The Kier molecular flexibility index (Phi) is 4.29. The topological polar surface area (TPSA) is 89.2 Å². The molecule has 6 nitrogen and oxygen atoms in total. The fourth-order valence-corrected chi connectivity index (χ4v) is 3.32. The molecule has 1 aromatic heterocycles. The molecule has 1 saturated heterocycles. The third kappa shape index (κ3) is 2.57. The van der Waals surface area contributed by atoms with Crippen LogP contribution in [-0.2, 0) is 11.4 Å². The molecule has 118 valence electrons. The quantitative estimate of drug-likeness (QED) is 0.591. The van der Waals surface area contributed by atoms with E-state index in [1.54, 1.807) is 6.07 Å². The summed E-state index contributed by atoms with van der Waals surface area (Å²) in [6.07, 6.45) is 0. The fraction of sp³-hybridized carbons (Fsp3) is 0.357. The first-order chi connectivity index (χ1) is 10.5. The number of hydrazine groups is 1. The second kappa shape index (κ2) is 6.06. The first-order valence-electron chi connectivity index (χ1n) is 6.89. The van der Waals surface area contributed by atoms with Gasteiger partial charge in [0.25, 0.3) is 0 Å². The number of halogens is 2. The van der Waals surface area contributed by atoms with Crippen LogP contribution in [0.2, 0.25) is 10.0 Å². The molecule has 3 rings (SSSR count). The standard InChI is InChI=1S/C14H16Cl2N4O2/c1-6(22)19-9-2-8(15)13(16)14-12(9)11(10(5-21)20-14)7-3-17-18-4-7/h2,7,17-18,20-21H,3-5H2,1H3,(H,19,22). The number of aliphatic hydroxyl groups excluding tert-OH is 1. The zero-order valence-electron chi connectivity index (χ0n) is 11.9. The molecule has 0 unspecified atom stereocenters. The third-order valence-electron chi connectivity index (χ3n) is 3.79. The highest BCUT2D eigenvalue weighted by molar-refractivity contribution is 6.45. The Morgan fingerprint density at radius 1 is 1.41 bits per heavy atom. The van der Waals surface area contributed by atoms with Gasteiger partial charge in [0.15, 0.2) is 0 Å². The number of rotatable bonds is 3. The van der Waals surface area contributed by atoms with Crippen molar-refractivity contribution in [2.45, 2.75) is 19.4 Å². The maximum absolute atomic E-state index is 11.5. The number of carbonyl (C=O) groups is 1. The molecule has 1 fully saturated rings. The van der Waals surface area contributed by atoms with E-state index in [0.29, 0.717) is 26.9 Å². The van der Waals surface area contributed by atoms with Gasteiger partial charge in [-0.15, -0.1) is 0 Å². The summed E-state index contributed by atoms with van der Waals surface area (Å²) < 4.78 is 0. The Bertz CT molecular complexity index is 738. The van der Waals surface area contributed by atoms with Gasteiger partial charge in [-0.25, -0.2) is 0 Å². The summed E-state index contributed by atoms with van der Waals surface area (Å²) >= 11 is 12.4. The van der Waals surface area contributed by atoms with Gasteiger partial charge in [0.1, 0.15) is 0 Å². The number of H-pyrrole nitrogens is 1. The predicted octanol–water partition coefficient (Wildman–Crippen LogP) is 2.12. The van der Waals surface area contributed by atoms with Crippen molar-refractivity contribution in [3.05, 3.63) is 27.4 Å². The summed E-state index contributed by atoms with van der Waals surface area (Å²) in [6, 6.07) is 1.64. The second-order valence-corrected chi connectivity index (χ2v) is 6.07. The van der Waals surface area contributed by atoms with Crippen molar-refractivity contribution in [3.63, 3.8) is 0 Å². The molecular weight excluding hydrogens is 327 g/mol. The van der Waals surface area contributed by atoms with Crippen LogP contribution >= 0.6 is 23.2 Å². The zero-order chi connectivity index (χ0) is 15.9. The lowest BCUT2D eigenvalue weighted by molar-refractivity contribution is -0.114. The number of aliphatic hydroxyl groups is 1. The maximum Gasteiger partial charge on any atom is 0.221 e. The van der Waals surface area contributed by atoms with Crippen molar-refractivity contribution < 1.29 is 9.90 Å². The smallest absolute Gasteiger partial charge is 0.221 e. The number of carbonyl (C=O) groups excluding carboxylic acids is 1. The van der Waals surface area contributed by atoms with Crippen molar-refractivity contribution in [2.24, 2.45) is 0 Å². The monoisotopic (exact) mass is 342 g/mol. The van der Waals surface area contributed by atoms with E-state index >= 15 is 0 Å². The summed E-state index contributed by atoms with van der Waals surface area (Å²) in [5, 5.41) is 14.0. The summed E-state index contributed by atoms with van der Waals surface area (Å²) in [5.41, 5.74) is 8.99. The van der Waals surface area contributed by atoms with E-state index in [4.69, 9.17) is 23.2 Å². The molecule has 0 bridgehead atoms. The summed E-state index contributed by atoms with van der Waals surface area (Å²) in [6.45, 7) is 2.74. The number of amides is 1. The van der Waals surface area contributed by atoms with E-state index in [9.17, 15) is 9.90 Å². The molecule has 1 amide bonds. The minimum atomic E-state index is -0.194. The number of fused-ring (bicyclic) bond motifs is 1. The van der Waals surface area contributed by atoms with E-state index < -0.39 is 0 Å². The molecular formula is C14H16Cl2N4O2. The predicted molar refractivity (Wildman–Crippen MR) is 87.3 cm³/mol. The maximum atomic E-state index is 11.5. The number of benzene rings is 1. The molecule has 8 heteroatoms. The molecule has 0 aliphatic carbocycles. The Balaban J connectivity index is 2.31. The number of aromatic amines is 1. The lowest BCUT2D eigenvalue weighted by atomic mass is 9.95. The van der Waals surface area contributed by atoms with Crippen molar-refractivity contribution >= 4 is 45.7 Å². The minimum Gasteiger partial charge on any atom is -0.390 e. The number of nitrogens with one attached hydrogen (secondary N) is 4. The van der Waals surface area contributed by atoms with Crippen LogP contribution in [0.5, 0.6) is 0 Å². The lowest BCUT2D eigenvalue weighted by Crippen LogP contribution is -2.21. The van der Waals surface area contributed by atoms with E-state index in [-0.39, 0.29) is 18.4 Å². The molecule has 1 aliphatic rings. The van der Waals surface area contributed by atoms with Crippen LogP contribution < -0.4 is 16.2 Å². The Morgan fingerprint density at radius 2 is 2.09 bits per heavy atom. The van der Waals surface area contributed by atoms with Gasteiger partial charge in [-0.1, -0.05) is 23.2 Å². The first-order valence-corrected chi connectivity index (χ1v) is 7.65. The van der Waals surface area contributed by atoms with Crippen LogP contribution in [0, 0.1) is 0 Å². The summed E-state index contributed by atoms with van der Waals surface area (Å²) in [5.74, 6) is -0.0410. The molecule has 5 N–H and O–H groups in total. The average Bonchev–Trinajstić information content (AvgIpc) is 3.10. The Labute approximate surface area is 137 Å². The Hall–Kier alpha value is -1.31. The van der Waals surface area contributed by atoms with Gasteiger partial charge in [0.2, 0.25) is 5.91 Å². The number of hydrogen-bond acceptors (Lipinski definition) is 4. The van der Waals surface area contributed by atoms with Gasteiger partial charge >= 0.3 is 0 Å². The average molecular weight is 343 g/mol. The van der Waals surface area contributed by atoms with Gasteiger partial charge in [-0.2, -0.15) is 0 Å². The van der Waals surface area contributed by atoms with Crippen LogP contribution in [0.15, 0.2) is 6.07 Å². The van der Waals surface area contributed by atoms with Crippen LogP contribution in [0.1, 0.15) is 24.1 Å². The number of anilines is 1. The highest BCUT2D eigenvalue weighted by Gasteiger charge is 2.27. The van der Waals surface area contributed by atoms with E-state index in [2.05, 4.69) is 21.2 Å². The molecule has 0 atom stereocenters. The molecule has 1 aliphatic heterocycles. The molecule has 0 radical (unpaired) electrons. The van der Waals surface area contributed by atoms with Crippen LogP contribution in [0.4, 0.5) is 5.69 Å². The number of hydrogen-bond donors (Lipinski definition) is 5. The molecule has 2 aromatic rings. The molecule has 2 heterocycles. The van der Waals surface area contributed by atoms with Crippen LogP contribution in [0.3, 0.4) is 0 Å². The third-order valence-corrected chi connectivity index (χ3v) is 4.58. The SMILES string of the molecule is CC(=O)Nc1cc(Cl)c(Cl)c2[nH]c(CO)c(C3CNNC3)c12. The van der Waals surface area contributed by atoms with Crippen LogP contribution in [0.25, 0.3) is 10.9 Å². The van der Waals surface area contributed by atoms with E-state index in [1.807, 2.05) is 0 Å². The van der Waals surface area contributed by atoms with Crippen LogP contribution in [-0.4, -0.2) is 29.1 Å². The van der Waals surface area contributed by atoms with Gasteiger partial charge in [-0.05, 0) is 11.6 Å². The molecule has 0 spiro atoms. The number of aromatic nitrogens is 1. The van der Waals surface area contributed by atoms with Crippen molar-refractivity contribution in [1.29, 1.82) is 0 Å². The molecule has 0 saturated carbocycles. The van der Waals surface area contributed by atoms with Gasteiger partial charge < -0.3 is 15.4 Å². The molecule has 22 heavy (non-hydrogen) atoms. The first kappa shape index (κ1) is 15.6.